The van der Waals surface area contributed by atoms with Gasteiger partial charge in [-0.2, -0.15) is 0 Å². The number of aryl methyl sites for hydroxylation is 1. The molecule has 12 nitrogen and oxygen atoms in total. The van der Waals surface area contributed by atoms with E-state index in [1.807, 2.05) is 18.2 Å². The third kappa shape index (κ3) is 5.55. The zero-order chi connectivity index (χ0) is 32.8. The Balaban J connectivity index is 1.21. The molecule has 4 amide bonds. The number of carbonyl (C=O) groups excluding carboxylic acids is 4. The van der Waals surface area contributed by atoms with Gasteiger partial charge in [-0.3, -0.25) is 28.9 Å². The molecule has 7 rings (SSSR count). The number of nitrogens with zero attached hydrogens (tertiary/aromatic N) is 4. The number of hydrogen-bond donors (Lipinski definition) is 1. The lowest BCUT2D eigenvalue weighted by molar-refractivity contribution is -0.153. The van der Waals surface area contributed by atoms with Crippen LogP contribution < -0.4 is 4.74 Å². The Morgan fingerprint density at radius 2 is 1.68 bits per heavy atom. The summed E-state index contributed by atoms with van der Waals surface area (Å²) in [6, 6.07) is 13.1. The van der Waals surface area contributed by atoms with Crippen molar-refractivity contribution in [3.63, 3.8) is 0 Å². The van der Waals surface area contributed by atoms with Crippen molar-refractivity contribution in [3.8, 4) is 5.75 Å². The van der Waals surface area contributed by atoms with Gasteiger partial charge in [-0.1, -0.05) is 42.3 Å². The molecule has 244 valence electrons. The highest BCUT2D eigenvalue weighted by Gasteiger charge is 2.45. The second-order valence-corrected chi connectivity index (χ2v) is 12.8. The number of benzene rings is 2. The van der Waals surface area contributed by atoms with Crippen LogP contribution in [0.4, 0.5) is 0 Å². The van der Waals surface area contributed by atoms with Crippen molar-refractivity contribution in [2.45, 2.75) is 57.6 Å². The lowest BCUT2D eigenvalue weighted by Crippen LogP contribution is -2.50. The highest BCUT2D eigenvalue weighted by Crippen LogP contribution is 2.42. The van der Waals surface area contributed by atoms with E-state index >= 15 is 0 Å². The second-order valence-electron chi connectivity index (χ2n) is 12.8. The predicted molar refractivity (Wildman–Crippen MR) is 166 cm³/mol. The van der Waals surface area contributed by atoms with Gasteiger partial charge in [0, 0.05) is 31.1 Å². The maximum absolute atomic E-state index is 14.3. The summed E-state index contributed by atoms with van der Waals surface area (Å²) in [5.74, 6) is -2.81. The van der Waals surface area contributed by atoms with E-state index in [2.05, 4.69) is 5.16 Å². The van der Waals surface area contributed by atoms with Crippen LogP contribution in [0.15, 0.2) is 53.1 Å². The van der Waals surface area contributed by atoms with E-state index in [9.17, 15) is 29.1 Å². The number of carboxylic acids is 1. The fourth-order valence-electron chi connectivity index (χ4n) is 7.63. The lowest BCUT2D eigenvalue weighted by atomic mass is 9.77. The second kappa shape index (κ2) is 12.3. The molecule has 3 aromatic rings. The largest absolute Gasteiger partial charge is 0.488 e. The molecule has 0 spiro atoms. The van der Waals surface area contributed by atoms with Gasteiger partial charge in [-0.25, -0.2) is 0 Å². The number of carboxylic acid groups (broad SMARTS) is 1. The smallest absolute Gasteiger partial charge is 0.307 e. The Morgan fingerprint density at radius 1 is 0.957 bits per heavy atom. The van der Waals surface area contributed by atoms with Crippen molar-refractivity contribution >= 4 is 29.6 Å². The van der Waals surface area contributed by atoms with Gasteiger partial charge in [0.1, 0.15) is 17.6 Å². The fourth-order valence-corrected chi connectivity index (χ4v) is 7.63. The van der Waals surface area contributed by atoms with Crippen LogP contribution in [0.1, 0.15) is 86.2 Å². The first-order valence-electron chi connectivity index (χ1n) is 16.2. The predicted octanol–water partition coefficient (Wildman–Crippen LogP) is 3.89. The van der Waals surface area contributed by atoms with Crippen LogP contribution in [0.25, 0.3) is 0 Å². The first-order chi connectivity index (χ1) is 22.7. The Kier molecular flexibility index (Phi) is 8.03. The fraction of sp³-hybridized carbons (Fsp3) is 0.429. The minimum Gasteiger partial charge on any atom is -0.488 e. The molecule has 1 saturated carbocycles. The lowest BCUT2D eigenvalue weighted by Gasteiger charge is -2.42. The summed E-state index contributed by atoms with van der Waals surface area (Å²) in [5.41, 5.74) is 2.48. The van der Waals surface area contributed by atoms with Gasteiger partial charge in [0.25, 0.3) is 17.7 Å². The van der Waals surface area contributed by atoms with Crippen molar-refractivity contribution in [3.05, 3.63) is 82.2 Å². The Bertz CT molecular complexity index is 1730. The van der Waals surface area contributed by atoms with Crippen LogP contribution in [0.2, 0.25) is 0 Å². The van der Waals surface area contributed by atoms with E-state index in [1.165, 1.54) is 4.90 Å². The van der Waals surface area contributed by atoms with Crippen LogP contribution in [0.3, 0.4) is 0 Å². The van der Waals surface area contributed by atoms with E-state index < -0.39 is 35.7 Å². The third-order valence-corrected chi connectivity index (χ3v) is 9.98. The molecule has 2 fully saturated rings. The molecule has 12 heteroatoms. The van der Waals surface area contributed by atoms with Crippen LogP contribution in [0.5, 0.6) is 5.75 Å². The van der Waals surface area contributed by atoms with Crippen LogP contribution in [-0.2, 0) is 16.0 Å². The highest BCUT2D eigenvalue weighted by molar-refractivity contribution is 6.21. The summed E-state index contributed by atoms with van der Waals surface area (Å²) in [4.78, 5) is 71.2. The number of amides is 4. The number of ether oxygens (including phenoxy) is 1. The molecule has 3 aliphatic heterocycles. The molecule has 4 aliphatic rings. The molecule has 47 heavy (non-hydrogen) atoms. The maximum atomic E-state index is 14.3. The monoisotopic (exact) mass is 640 g/mol. The van der Waals surface area contributed by atoms with Crippen molar-refractivity contribution in [1.29, 1.82) is 0 Å². The summed E-state index contributed by atoms with van der Waals surface area (Å²) >= 11 is 0. The SMILES string of the molecule is Cc1cc(C(=O)N2CCC(Oc3cccc4c3[C@@H](CN3C(=O)c5ccccc5C3=O)N(C(=O)C3CCCCC3C(=O)O)CC4)C2)no1. The minimum atomic E-state index is -0.984. The van der Waals surface area contributed by atoms with Crippen LogP contribution in [0, 0.1) is 18.8 Å². The normalized spacial score (nSPS) is 23.9. The van der Waals surface area contributed by atoms with E-state index in [1.54, 1.807) is 47.1 Å². The van der Waals surface area contributed by atoms with E-state index in [-0.39, 0.29) is 30.2 Å². The average molecular weight is 641 g/mol. The van der Waals surface area contributed by atoms with Crippen molar-refractivity contribution in [1.82, 2.24) is 19.9 Å². The van der Waals surface area contributed by atoms with Crippen LogP contribution >= 0.6 is 0 Å². The molecule has 3 unspecified atom stereocenters. The van der Waals surface area contributed by atoms with Gasteiger partial charge >= 0.3 is 5.97 Å². The number of aromatic nitrogens is 1. The zero-order valence-electron chi connectivity index (χ0n) is 26.1. The number of carbonyl (C=O) groups is 5. The number of likely N-dealkylation sites (tertiary alicyclic amines) is 1. The number of imide groups is 1. The summed E-state index contributed by atoms with van der Waals surface area (Å²) in [7, 11) is 0. The van der Waals surface area contributed by atoms with Gasteiger partial charge in [0.15, 0.2) is 5.69 Å². The van der Waals surface area contributed by atoms with E-state index in [0.717, 1.165) is 18.4 Å². The molecule has 1 aliphatic carbocycles. The molecule has 1 aromatic heterocycles. The quantitative estimate of drug-likeness (QED) is 0.380. The molecule has 0 radical (unpaired) electrons. The summed E-state index contributed by atoms with van der Waals surface area (Å²) in [6.07, 6.45) is 3.12. The first kappa shape index (κ1) is 30.6. The van der Waals surface area contributed by atoms with Crippen molar-refractivity contribution in [2.24, 2.45) is 11.8 Å². The molecule has 0 bridgehead atoms. The molecule has 2 aromatic carbocycles. The van der Waals surface area contributed by atoms with E-state index in [0.29, 0.717) is 73.5 Å². The highest BCUT2D eigenvalue weighted by atomic mass is 16.5. The Morgan fingerprint density at radius 3 is 2.36 bits per heavy atom. The summed E-state index contributed by atoms with van der Waals surface area (Å²) in [5, 5.41) is 13.8. The summed E-state index contributed by atoms with van der Waals surface area (Å²) in [6.45, 7) is 2.72. The Labute approximate surface area is 271 Å². The van der Waals surface area contributed by atoms with Gasteiger partial charge < -0.3 is 24.2 Å². The molecule has 4 heterocycles. The maximum Gasteiger partial charge on any atom is 0.307 e. The molecular weight excluding hydrogens is 604 g/mol. The topological polar surface area (TPSA) is 151 Å². The van der Waals surface area contributed by atoms with Gasteiger partial charge in [-0.05, 0) is 49.9 Å². The van der Waals surface area contributed by atoms with Crippen molar-refractivity contribution < 1.29 is 38.3 Å². The third-order valence-electron chi connectivity index (χ3n) is 9.98. The minimum absolute atomic E-state index is 0.100. The number of rotatable bonds is 7. The number of hydrogen-bond acceptors (Lipinski definition) is 8. The van der Waals surface area contributed by atoms with E-state index in [4.69, 9.17) is 9.26 Å². The molecule has 4 atom stereocenters. The van der Waals surface area contributed by atoms with Crippen LogP contribution in [-0.4, -0.2) is 86.8 Å². The first-order valence-corrected chi connectivity index (χ1v) is 16.2. The number of fused-ring (bicyclic) bond motifs is 2. The van der Waals surface area contributed by atoms with Crippen molar-refractivity contribution in [2.75, 3.05) is 26.2 Å². The zero-order valence-corrected chi connectivity index (χ0v) is 26.1. The van der Waals surface area contributed by atoms with Gasteiger partial charge in [0.2, 0.25) is 5.91 Å². The molecular formula is C35H36N4O8. The molecule has 1 N–H and O–H groups in total. The summed E-state index contributed by atoms with van der Waals surface area (Å²) < 4.78 is 11.7. The average Bonchev–Trinajstić information content (AvgIpc) is 3.80. The number of aliphatic carboxylic acids is 1. The van der Waals surface area contributed by atoms with Gasteiger partial charge in [0.05, 0.1) is 42.1 Å². The molecule has 1 saturated heterocycles. The van der Waals surface area contributed by atoms with Gasteiger partial charge in [-0.15, -0.1) is 0 Å². The Hall–Kier alpha value is -5.00. The standard InChI is InChI=1S/C35H36N4O8/c1-20-17-27(36-47-20)34(43)37-15-14-22(18-37)46-29-12-6-7-21-13-16-38(31(40)25-10-4-5-11-26(25)35(44)45)28(30(21)29)19-39-32(41)23-8-2-3-9-24(23)33(39)42/h2-3,6-9,12,17,22,25-26,28H,4-5,10-11,13-16,18-19H2,1H3,(H,44,45)/t22?,25?,26?,28-/m1/s1.